The Balaban J connectivity index is 1.54. The highest BCUT2D eigenvalue weighted by atomic mass is 16.5. The standard InChI is InChI=1S/C24H26N2O4/c1-17(2)23(27)25-12-14-26(15-13-25)24(28)22-20(16-29-18-8-4-3-5-9-18)19-10-6-7-11-21(19)30-22/h3-11,17H,12-16H2,1-2H3. The summed E-state index contributed by atoms with van der Waals surface area (Å²) in [6, 6.07) is 17.1. The molecular weight excluding hydrogens is 380 g/mol. The van der Waals surface area contributed by atoms with Gasteiger partial charge >= 0.3 is 0 Å². The molecule has 0 radical (unpaired) electrons. The number of rotatable bonds is 5. The highest BCUT2D eigenvalue weighted by Gasteiger charge is 2.30. The van der Waals surface area contributed by atoms with Crippen LogP contribution in [-0.2, 0) is 11.4 Å². The van der Waals surface area contributed by atoms with E-state index in [0.29, 0.717) is 37.5 Å². The first kappa shape index (κ1) is 20.0. The van der Waals surface area contributed by atoms with Crippen molar-refractivity contribution in [3.63, 3.8) is 0 Å². The number of carbonyl (C=O) groups excluding carboxylic acids is 2. The van der Waals surface area contributed by atoms with Crippen LogP contribution in [0.15, 0.2) is 59.0 Å². The molecule has 0 aliphatic carbocycles. The number of benzene rings is 2. The number of hydrogen-bond donors (Lipinski definition) is 0. The molecule has 0 unspecified atom stereocenters. The van der Waals surface area contributed by atoms with Crippen LogP contribution < -0.4 is 4.74 Å². The SMILES string of the molecule is CC(C)C(=O)N1CCN(C(=O)c2oc3ccccc3c2COc2ccccc2)CC1. The Labute approximate surface area is 176 Å². The molecule has 156 valence electrons. The third-order valence-corrected chi connectivity index (χ3v) is 5.39. The number of amides is 2. The molecular formula is C24H26N2O4. The molecule has 1 fully saturated rings. The van der Waals surface area contributed by atoms with Crippen molar-refractivity contribution in [1.82, 2.24) is 9.80 Å². The number of nitrogens with zero attached hydrogens (tertiary/aromatic N) is 2. The first-order valence-corrected chi connectivity index (χ1v) is 10.3. The minimum Gasteiger partial charge on any atom is -0.489 e. The van der Waals surface area contributed by atoms with Crippen LogP contribution in [0.25, 0.3) is 11.0 Å². The number of fused-ring (bicyclic) bond motifs is 1. The molecule has 2 aromatic carbocycles. The minimum absolute atomic E-state index is 0.0376. The fourth-order valence-electron chi connectivity index (χ4n) is 3.73. The van der Waals surface area contributed by atoms with Crippen LogP contribution >= 0.6 is 0 Å². The summed E-state index contributed by atoms with van der Waals surface area (Å²) in [5.41, 5.74) is 1.42. The van der Waals surface area contributed by atoms with E-state index in [2.05, 4.69) is 0 Å². The van der Waals surface area contributed by atoms with Gasteiger partial charge < -0.3 is 19.0 Å². The Bertz CT molecular complexity index is 1030. The maximum atomic E-state index is 13.3. The van der Waals surface area contributed by atoms with E-state index in [-0.39, 0.29) is 24.3 Å². The van der Waals surface area contributed by atoms with Gasteiger partial charge in [-0.25, -0.2) is 0 Å². The van der Waals surface area contributed by atoms with E-state index >= 15 is 0 Å². The lowest BCUT2D eigenvalue weighted by Gasteiger charge is -2.35. The number of ether oxygens (including phenoxy) is 1. The summed E-state index contributed by atoms with van der Waals surface area (Å²) in [4.78, 5) is 29.1. The molecule has 3 aromatic rings. The smallest absolute Gasteiger partial charge is 0.290 e. The lowest BCUT2D eigenvalue weighted by molar-refractivity contribution is -0.135. The molecule has 30 heavy (non-hydrogen) atoms. The average Bonchev–Trinajstić information content (AvgIpc) is 3.16. The van der Waals surface area contributed by atoms with E-state index in [1.54, 1.807) is 4.90 Å². The quantitative estimate of drug-likeness (QED) is 0.644. The Kier molecular flexibility index (Phi) is 5.74. The molecule has 1 saturated heterocycles. The predicted octanol–water partition coefficient (Wildman–Crippen LogP) is 3.95. The molecule has 1 aromatic heterocycles. The highest BCUT2D eigenvalue weighted by Crippen LogP contribution is 2.28. The summed E-state index contributed by atoms with van der Waals surface area (Å²) < 4.78 is 11.9. The van der Waals surface area contributed by atoms with E-state index in [4.69, 9.17) is 9.15 Å². The maximum Gasteiger partial charge on any atom is 0.290 e. The van der Waals surface area contributed by atoms with Gasteiger partial charge in [0.05, 0.1) is 0 Å². The van der Waals surface area contributed by atoms with Crippen LogP contribution in [0.2, 0.25) is 0 Å². The van der Waals surface area contributed by atoms with Gasteiger partial charge in [-0.2, -0.15) is 0 Å². The fourth-order valence-corrected chi connectivity index (χ4v) is 3.73. The first-order chi connectivity index (χ1) is 14.5. The molecule has 2 heterocycles. The predicted molar refractivity (Wildman–Crippen MR) is 114 cm³/mol. The van der Waals surface area contributed by atoms with Gasteiger partial charge in [0.15, 0.2) is 5.76 Å². The number of para-hydroxylation sites is 2. The minimum atomic E-state index is -0.158. The van der Waals surface area contributed by atoms with Crippen molar-refractivity contribution in [1.29, 1.82) is 0 Å². The Morgan fingerprint density at radius 2 is 1.57 bits per heavy atom. The van der Waals surface area contributed by atoms with Crippen molar-refractivity contribution in [2.24, 2.45) is 5.92 Å². The molecule has 0 bridgehead atoms. The van der Waals surface area contributed by atoms with Crippen molar-refractivity contribution >= 4 is 22.8 Å². The number of piperazine rings is 1. The molecule has 0 saturated carbocycles. The van der Waals surface area contributed by atoms with E-state index in [1.807, 2.05) is 73.3 Å². The number of hydrogen-bond acceptors (Lipinski definition) is 4. The van der Waals surface area contributed by atoms with Crippen LogP contribution in [0.1, 0.15) is 30.0 Å². The van der Waals surface area contributed by atoms with Crippen molar-refractivity contribution in [3.8, 4) is 5.75 Å². The second kappa shape index (κ2) is 8.61. The van der Waals surface area contributed by atoms with E-state index < -0.39 is 0 Å². The molecule has 2 amide bonds. The second-order valence-electron chi connectivity index (χ2n) is 7.78. The lowest BCUT2D eigenvalue weighted by atomic mass is 10.1. The van der Waals surface area contributed by atoms with Crippen molar-refractivity contribution in [2.45, 2.75) is 20.5 Å². The summed E-state index contributed by atoms with van der Waals surface area (Å²) in [5.74, 6) is 0.986. The lowest BCUT2D eigenvalue weighted by Crippen LogP contribution is -2.51. The van der Waals surface area contributed by atoms with Crippen LogP contribution in [0.4, 0.5) is 0 Å². The summed E-state index contributed by atoms with van der Waals surface area (Å²) in [6.07, 6.45) is 0. The highest BCUT2D eigenvalue weighted by molar-refractivity contribution is 5.99. The second-order valence-corrected chi connectivity index (χ2v) is 7.78. The van der Waals surface area contributed by atoms with Gasteiger partial charge in [0.1, 0.15) is 17.9 Å². The van der Waals surface area contributed by atoms with Crippen LogP contribution in [0.5, 0.6) is 5.75 Å². The monoisotopic (exact) mass is 406 g/mol. The van der Waals surface area contributed by atoms with E-state index in [9.17, 15) is 9.59 Å². The van der Waals surface area contributed by atoms with E-state index in [0.717, 1.165) is 16.7 Å². The molecule has 6 nitrogen and oxygen atoms in total. The molecule has 1 aliphatic rings. The van der Waals surface area contributed by atoms with Gasteiger partial charge in [-0.3, -0.25) is 9.59 Å². The Hall–Kier alpha value is -3.28. The zero-order chi connectivity index (χ0) is 21.1. The van der Waals surface area contributed by atoms with Crippen molar-refractivity contribution < 1.29 is 18.7 Å². The Morgan fingerprint density at radius 1 is 0.933 bits per heavy atom. The van der Waals surface area contributed by atoms with Crippen molar-refractivity contribution in [2.75, 3.05) is 26.2 Å². The molecule has 0 atom stereocenters. The van der Waals surface area contributed by atoms with Crippen LogP contribution in [0.3, 0.4) is 0 Å². The van der Waals surface area contributed by atoms with Gasteiger partial charge in [-0.1, -0.05) is 50.2 Å². The summed E-state index contributed by atoms with van der Waals surface area (Å²) in [5, 5.41) is 0.880. The van der Waals surface area contributed by atoms with Gasteiger partial charge in [0.25, 0.3) is 5.91 Å². The molecule has 4 rings (SSSR count). The van der Waals surface area contributed by atoms with Crippen LogP contribution in [-0.4, -0.2) is 47.8 Å². The van der Waals surface area contributed by atoms with Gasteiger partial charge in [0, 0.05) is 43.0 Å². The largest absolute Gasteiger partial charge is 0.489 e. The van der Waals surface area contributed by atoms with Gasteiger partial charge in [0.2, 0.25) is 5.91 Å². The topological polar surface area (TPSA) is 63.0 Å². The van der Waals surface area contributed by atoms with E-state index in [1.165, 1.54) is 0 Å². The zero-order valence-corrected chi connectivity index (χ0v) is 17.3. The number of furan rings is 1. The first-order valence-electron chi connectivity index (χ1n) is 10.3. The molecule has 6 heteroatoms. The molecule has 0 spiro atoms. The average molecular weight is 406 g/mol. The molecule has 1 aliphatic heterocycles. The summed E-state index contributed by atoms with van der Waals surface area (Å²) in [7, 11) is 0. The fraction of sp³-hybridized carbons (Fsp3) is 0.333. The summed E-state index contributed by atoms with van der Waals surface area (Å²) >= 11 is 0. The third-order valence-electron chi connectivity index (χ3n) is 5.39. The van der Waals surface area contributed by atoms with Gasteiger partial charge in [-0.15, -0.1) is 0 Å². The number of carbonyl (C=O) groups is 2. The normalized spacial score (nSPS) is 14.4. The summed E-state index contributed by atoms with van der Waals surface area (Å²) in [6.45, 7) is 6.10. The van der Waals surface area contributed by atoms with Gasteiger partial charge in [-0.05, 0) is 18.2 Å². The van der Waals surface area contributed by atoms with Crippen LogP contribution in [0, 0.1) is 5.92 Å². The molecule has 0 N–H and O–H groups in total. The maximum absolute atomic E-state index is 13.3. The van der Waals surface area contributed by atoms with Crippen molar-refractivity contribution in [3.05, 3.63) is 65.9 Å². The Morgan fingerprint density at radius 3 is 2.27 bits per heavy atom. The zero-order valence-electron chi connectivity index (χ0n) is 17.3. The third kappa shape index (κ3) is 4.03.